The molecule has 1 aromatic heterocycles. The number of piperazine rings is 1. The third-order valence-electron chi connectivity index (χ3n) is 3.55. The van der Waals surface area contributed by atoms with Gasteiger partial charge in [0.1, 0.15) is 6.04 Å². The summed E-state index contributed by atoms with van der Waals surface area (Å²) in [6.07, 6.45) is 0. The van der Waals surface area contributed by atoms with Crippen molar-refractivity contribution in [3.8, 4) is 0 Å². The normalized spacial score (nSPS) is 19.7. The van der Waals surface area contributed by atoms with E-state index < -0.39 is 6.04 Å². The van der Waals surface area contributed by atoms with Crippen LogP contribution in [0, 0.1) is 12.8 Å². The fourth-order valence-electron chi connectivity index (χ4n) is 2.53. The van der Waals surface area contributed by atoms with Crippen LogP contribution in [-0.4, -0.2) is 39.1 Å². The average Bonchev–Trinajstić information content (AvgIpc) is 2.60. The van der Waals surface area contributed by atoms with Gasteiger partial charge < -0.3 is 10.2 Å². The summed E-state index contributed by atoms with van der Waals surface area (Å²) in [5, 5.41) is 6.97. The quantitative estimate of drug-likeness (QED) is 0.890. The highest BCUT2D eigenvalue weighted by atomic mass is 79.9. The predicted molar refractivity (Wildman–Crippen MR) is 77.8 cm³/mol. The molecular weight excluding hydrogens is 324 g/mol. The number of halogens is 1. The number of hydrogen-bond acceptors (Lipinski definition) is 3. The van der Waals surface area contributed by atoms with Crippen LogP contribution in [0.2, 0.25) is 0 Å². The molecule has 1 aromatic rings. The average molecular weight is 343 g/mol. The highest BCUT2D eigenvalue weighted by molar-refractivity contribution is 9.10. The minimum absolute atomic E-state index is 0.0611. The molecule has 1 fully saturated rings. The molecule has 0 saturated carbocycles. The highest BCUT2D eigenvalue weighted by Gasteiger charge is 2.37. The maximum Gasteiger partial charge on any atom is 0.243 e. The maximum atomic E-state index is 12.2. The number of carbonyl (C=O) groups is 2. The van der Waals surface area contributed by atoms with Gasteiger partial charge in [-0.05, 0) is 28.8 Å². The molecule has 0 radical (unpaired) electrons. The molecule has 0 bridgehead atoms. The van der Waals surface area contributed by atoms with E-state index in [1.165, 1.54) is 0 Å². The van der Waals surface area contributed by atoms with Crippen LogP contribution >= 0.6 is 15.9 Å². The van der Waals surface area contributed by atoms with Gasteiger partial charge in [-0.25, -0.2) is 0 Å². The molecule has 2 amide bonds. The lowest BCUT2D eigenvalue weighted by Crippen LogP contribution is -2.59. The van der Waals surface area contributed by atoms with Gasteiger partial charge >= 0.3 is 0 Å². The minimum atomic E-state index is -0.432. The van der Waals surface area contributed by atoms with Crippen molar-refractivity contribution in [1.29, 1.82) is 0 Å². The van der Waals surface area contributed by atoms with E-state index in [1.54, 1.807) is 9.58 Å². The summed E-state index contributed by atoms with van der Waals surface area (Å²) >= 11 is 3.50. The smallest absolute Gasteiger partial charge is 0.243 e. The number of carbonyl (C=O) groups excluding carboxylic acids is 2. The second-order valence-electron chi connectivity index (χ2n) is 5.40. The molecule has 110 valence electrons. The summed E-state index contributed by atoms with van der Waals surface area (Å²) in [5.41, 5.74) is 1.77. The van der Waals surface area contributed by atoms with Crippen molar-refractivity contribution in [3.63, 3.8) is 0 Å². The Labute approximate surface area is 126 Å². The van der Waals surface area contributed by atoms with Crippen LogP contribution in [0.25, 0.3) is 0 Å². The van der Waals surface area contributed by atoms with E-state index in [9.17, 15) is 9.59 Å². The van der Waals surface area contributed by atoms with Gasteiger partial charge in [-0.15, -0.1) is 0 Å². The van der Waals surface area contributed by atoms with Crippen LogP contribution in [0.3, 0.4) is 0 Å². The van der Waals surface area contributed by atoms with Gasteiger partial charge in [0, 0.05) is 7.05 Å². The fraction of sp³-hybridized carbons (Fsp3) is 0.615. The van der Waals surface area contributed by atoms with E-state index >= 15 is 0 Å². The van der Waals surface area contributed by atoms with Crippen molar-refractivity contribution in [2.45, 2.75) is 33.4 Å². The Morgan fingerprint density at radius 1 is 1.45 bits per heavy atom. The zero-order valence-corrected chi connectivity index (χ0v) is 13.7. The second kappa shape index (κ2) is 5.55. The Morgan fingerprint density at radius 2 is 2.10 bits per heavy atom. The molecule has 0 aromatic carbocycles. The topological polar surface area (TPSA) is 67.2 Å². The van der Waals surface area contributed by atoms with Crippen LogP contribution in [0.1, 0.15) is 25.2 Å². The molecule has 2 rings (SSSR count). The Bertz CT molecular complexity index is 553. The first-order chi connectivity index (χ1) is 9.32. The molecule has 1 N–H and O–H groups in total. The van der Waals surface area contributed by atoms with Gasteiger partial charge in [-0.1, -0.05) is 13.8 Å². The van der Waals surface area contributed by atoms with Gasteiger partial charge in [-0.3, -0.25) is 14.3 Å². The van der Waals surface area contributed by atoms with E-state index in [1.807, 2.05) is 27.8 Å². The number of nitrogens with one attached hydrogen (secondary N) is 1. The van der Waals surface area contributed by atoms with E-state index in [0.29, 0.717) is 6.54 Å². The van der Waals surface area contributed by atoms with Crippen molar-refractivity contribution in [3.05, 3.63) is 15.9 Å². The first kappa shape index (κ1) is 15.0. The summed E-state index contributed by atoms with van der Waals surface area (Å²) in [5.74, 6) is -0.0870. The molecular formula is C13H19BrN4O2. The molecule has 6 nitrogen and oxygen atoms in total. The van der Waals surface area contributed by atoms with Gasteiger partial charge in [0.15, 0.2) is 0 Å². The lowest BCUT2D eigenvalue weighted by atomic mass is 9.99. The largest absolute Gasteiger partial charge is 0.345 e. The molecule has 2 heterocycles. The molecule has 1 unspecified atom stereocenters. The molecule has 1 aliphatic rings. The van der Waals surface area contributed by atoms with Crippen LogP contribution in [-0.2, 0) is 23.2 Å². The predicted octanol–water partition coefficient (Wildman–Crippen LogP) is 0.974. The molecule has 1 saturated heterocycles. The van der Waals surface area contributed by atoms with Gasteiger partial charge in [-0.2, -0.15) is 5.10 Å². The standard InChI is InChI=1S/C13H19BrN4O2/c1-7(2)12-13(20)15-5-10(19)18(12)6-9-11(14)8(3)16-17(9)4/h7,12H,5-6H2,1-4H3,(H,15,20). The SMILES string of the molecule is Cc1nn(C)c(CN2C(=O)CNC(=O)C2C(C)C)c1Br. The van der Waals surface area contributed by atoms with E-state index in [-0.39, 0.29) is 24.3 Å². The Kier molecular flexibility index (Phi) is 4.17. The highest BCUT2D eigenvalue weighted by Crippen LogP contribution is 2.24. The lowest BCUT2D eigenvalue weighted by molar-refractivity contribution is -0.148. The van der Waals surface area contributed by atoms with Crippen molar-refractivity contribution in [1.82, 2.24) is 20.0 Å². The Hall–Kier alpha value is -1.37. The fourth-order valence-corrected chi connectivity index (χ4v) is 2.99. The van der Waals surface area contributed by atoms with Gasteiger partial charge in [0.2, 0.25) is 11.8 Å². The summed E-state index contributed by atoms with van der Waals surface area (Å²) in [6.45, 7) is 6.24. The summed E-state index contributed by atoms with van der Waals surface area (Å²) in [4.78, 5) is 25.8. The van der Waals surface area contributed by atoms with Crippen molar-refractivity contribution in [2.24, 2.45) is 13.0 Å². The Morgan fingerprint density at radius 3 is 2.60 bits per heavy atom. The third kappa shape index (κ3) is 2.59. The van der Waals surface area contributed by atoms with Gasteiger partial charge in [0.05, 0.1) is 29.0 Å². The van der Waals surface area contributed by atoms with Crippen molar-refractivity contribution >= 4 is 27.7 Å². The van der Waals surface area contributed by atoms with E-state index in [2.05, 4.69) is 26.3 Å². The minimum Gasteiger partial charge on any atom is -0.345 e. The van der Waals surface area contributed by atoms with Gasteiger partial charge in [0.25, 0.3) is 0 Å². The number of rotatable bonds is 3. The van der Waals surface area contributed by atoms with Crippen molar-refractivity contribution < 1.29 is 9.59 Å². The number of amides is 2. The molecule has 0 aliphatic carbocycles. The number of nitrogens with zero attached hydrogens (tertiary/aromatic N) is 3. The zero-order chi connectivity index (χ0) is 15.0. The Balaban J connectivity index is 2.33. The van der Waals surface area contributed by atoms with Crippen LogP contribution in [0.4, 0.5) is 0 Å². The number of hydrogen-bond donors (Lipinski definition) is 1. The summed E-state index contributed by atoms with van der Waals surface area (Å²) < 4.78 is 2.64. The van der Waals surface area contributed by atoms with Crippen LogP contribution in [0.5, 0.6) is 0 Å². The first-order valence-electron chi connectivity index (χ1n) is 6.58. The van der Waals surface area contributed by atoms with Crippen LogP contribution in [0.15, 0.2) is 4.47 Å². The lowest BCUT2D eigenvalue weighted by Gasteiger charge is -2.37. The first-order valence-corrected chi connectivity index (χ1v) is 7.37. The summed E-state index contributed by atoms with van der Waals surface area (Å²) in [6, 6.07) is -0.432. The molecule has 1 aliphatic heterocycles. The number of aryl methyl sites for hydroxylation is 2. The van der Waals surface area contributed by atoms with Crippen molar-refractivity contribution in [2.75, 3.05) is 6.54 Å². The molecule has 0 spiro atoms. The van der Waals surface area contributed by atoms with Crippen LogP contribution < -0.4 is 5.32 Å². The molecule has 7 heteroatoms. The monoisotopic (exact) mass is 342 g/mol. The van der Waals surface area contributed by atoms with E-state index in [4.69, 9.17) is 0 Å². The summed E-state index contributed by atoms with van der Waals surface area (Å²) in [7, 11) is 1.84. The maximum absolute atomic E-state index is 12.2. The third-order valence-corrected chi connectivity index (χ3v) is 4.58. The molecule has 1 atom stereocenters. The second-order valence-corrected chi connectivity index (χ2v) is 6.19. The molecule has 20 heavy (non-hydrogen) atoms. The van der Waals surface area contributed by atoms with E-state index in [0.717, 1.165) is 15.9 Å². The number of aromatic nitrogens is 2. The zero-order valence-electron chi connectivity index (χ0n) is 12.1.